The Kier molecular flexibility index (Phi) is 16.6. The Morgan fingerprint density at radius 3 is 2.19 bits per heavy atom. The highest BCUT2D eigenvalue weighted by Gasteiger charge is 1.96. The molecule has 0 aliphatic heterocycles. The molecular formula is C22H34O4. The molecular weight excluding hydrogens is 328 g/mol. The maximum atomic E-state index is 10.3. The van der Waals surface area contributed by atoms with Crippen LogP contribution in [0.15, 0.2) is 60.8 Å². The van der Waals surface area contributed by atoms with Gasteiger partial charge in [0.15, 0.2) is 0 Å². The number of aliphatic carboxylic acids is 1. The molecule has 0 saturated heterocycles. The molecule has 0 fully saturated rings. The maximum absolute atomic E-state index is 10.3. The topological polar surface area (TPSA) is 77.8 Å². The van der Waals surface area contributed by atoms with E-state index in [1.807, 2.05) is 42.5 Å². The van der Waals surface area contributed by atoms with Gasteiger partial charge < -0.3 is 15.3 Å². The van der Waals surface area contributed by atoms with Crippen molar-refractivity contribution in [2.45, 2.75) is 70.5 Å². The van der Waals surface area contributed by atoms with Crippen molar-refractivity contribution in [2.75, 3.05) is 0 Å². The van der Waals surface area contributed by atoms with Crippen molar-refractivity contribution < 1.29 is 20.1 Å². The average Bonchev–Trinajstić information content (AvgIpc) is 2.60. The van der Waals surface area contributed by atoms with Crippen molar-refractivity contribution in [3.63, 3.8) is 0 Å². The largest absolute Gasteiger partial charge is 0.481 e. The minimum Gasteiger partial charge on any atom is -0.481 e. The SMILES string of the molecule is CCCCCC(O)C=CC=CC=CC(O)CC=CCC=CCCC(=O)O. The minimum atomic E-state index is -0.784. The van der Waals surface area contributed by atoms with Gasteiger partial charge >= 0.3 is 5.97 Å². The first-order valence-corrected chi connectivity index (χ1v) is 9.45. The number of carboxylic acids is 1. The lowest BCUT2D eigenvalue weighted by Crippen LogP contribution is -2.00. The maximum Gasteiger partial charge on any atom is 0.303 e. The molecule has 0 amide bonds. The third kappa shape index (κ3) is 18.4. The third-order valence-electron chi connectivity index (χ3n) is 3.61. The summed E-state index contributed by atoms with van der Waals surface area (Å²) in [5, 5.41) is 28.0. The summed E-state index contributed by atoms with van der Waals surface area (Å²) in [7, 11) is 0. The zero-order valence-corrected chi connectivity index (χ0v) is 15.8. The van der Waals surface area contributed by atoms with Gasteiger partial charge in [-0.15, -0.1) is 0 Å². The molecule has 2 unspecified atom stereocenters. The van der Waals surface area contributed by atoms with Crippen LogP contribution < -0.4 is 0 Å². The number of aliphatic hydroxyl groups excluding tert-OH is 2. The number of hydrogen-bond donors (Lipinski definition) is 3. The van der Waals surface area contributed by atoms with E-state index in [2.05, 4.69) is 6.92 Å². The lowest BCUT2D eigenvalue weighted by Gasteiger charge is -2.02. The fourth-order valence-electron chi connectivity index (χ4n) is 2.12. The summed E-state index contributed by atoms with van der Waals surface area (Å²) in [6.07, 6.45) is 23.6. The minimum absolute atomic E-state index is 0.157. The van der Waals surface area contributed by atoms with Gasteiger partial charge in [0.05, 0.1) is 12.2 Å². The molecule has 4 heteroatoms. The van der Waals surface area contributed by atoms with Gasteiger partial charge in [0, 0.05) is 6.42 Å². The highest BCUT2D eigenvalue weighted by Crippen LogP contribution is 2.04. The average molecular weight is 363 g/mol. The number of carboxylic acid groups (broad SMARTS) is 1. The number of rotatable bonds is 15. The zero-order chi connectivity index (χ0) is 19.5. The van der Waals surface area contributed by atoms with Crippen molar-refractivity contribution in [3.8, 4) is 0 Å². The van der Waals surface area contributed by atoms with Gasteiger partial charge in [-0.3, -0.25) is 4.79 Å². The van der Waals surface area contributed by atoms with Gasteiger partial charge in [0.25, 0.3) is 0 Å². The van der Waals surface area contributed by atoms with Crippen molar-refractivity contribution in [2.24, 2.45) is 0 Å². The fraction of sp³-hybridized carbons (Fsp3) is 0.500. The van der Waals surface area contributed by atoms with Gasteiger partial charge in [0.1, 0.15) is 0 Å². The predicted molar refractivity (Wildman–Crippen MR) is 108 cm³/mol. The molecule has 3 N–H and O–H groups in total. The standard InChI is InChI=1S/C22H34O4/c1-2-3-10-15-20(23)17-12-8-9-13-18-21(24)16-11-6-4-5-7-14-19-22(25)26/h5-9,11-13,17-18,20-21,23-24H,2-4,10,14-16,19H2,1H3,(H,25,26). The van der Waals surface area contributed by atoms with E-state index in [9.17, 15) is 15.0 Å². The van der Waals surface area contributed by atoms with Gasteiger partial charge in [-0.2, -0.15) is 0 Å². The zero-order valence-electron chi connectivity index (χ0n) is 15.8. The summed E-state index contributed by atoms with van der Waals surface area (Å²) >= 11 is 0. The summed E-state index contributed by atoms with van der Waals surface area (Å²) in [5.74, 6) is -0.784. The molecule has 0 aromatic carbocycles. The van der Waals surface area contributed by atoms with E-state index in [0.29, 0.717) is 12.8 Å². The highest BCUT2D eigenvalue weighted by molar-refractivity contribution is 5.66. The van der Waals surface area contributed by atoms with Gasteiger partial charge in [0.2, 0.25) is 0 Å². The van der Waals surface area contributed by atoms with Crippen LogP contribution in [-0.4, -0.2) is 33.5 Å². The molecule has 146 valence electrons. The first kappa shape index (κ1) is 24.1. The molecule has 0 bridgehead atoms. The first-order chi connectivity index (χ1) is 12.6. The Hall–Kier alpha value is -1.91. The fourth-order valence-corrected chi connectivity index (χ4v) is 2.12. The second-order valence-corrected chi connectivity index (χ2v) is 6.13. The predicted octanol–water partition coefficient (Wildman–Crippen LogP) is 4.71. The Labute approximate surface area is 157 Å². The number of aliphatic hydroxyl groups is 2. The smallest absolute Gasteiger partial charge is 0.303 e. The molecule has 2 atom stereocenters. The van der Waals surface area contributed by atoms with E-state index in [1.165, 1.54) is 0 Å². The lowest BCUT2D eigenvalue weighted by molar-refractivity contribution is -0.136. The van der Waals surface area contributed by atoms with E-state index in [1.54, 1.807) is 18.2 Å². The summed E-state index contributed by atoms with van der Waals surface area (Å²) < 4.78 is 0. The molecule has 0 aromatic rings. The molecule has 4 nitrogen and oxygen atoms in total. The third-order valence-corrected chi connectivity index (χ3v) is 3.61. The Balaban J connectivity index is 3.82. The highest BCUT2D eigenvalue weighted by atomic mass is 16.4. The molecule has 0 aliphatic rings. The van der Waals surface area contributed by atoms with Crippen molar-refractivity contribution in [1.82, 2.24) is 0 Å². The number of carbonyl (C=O) groups is 1. The Morgan fingerprint density at radius 2 is 1.54 bits per heavy atom. The van der Waals surface area contributed by atoms with Crippen LogP contribution in [0.2, 0.25) is 0 Å². The molecule has 0 saturated carbocycles. The molecule has 0 radical (unpaired) electrons. The van der Waals surface area contributed by atoms with Crippen LogP contribution in [-0.2, 0) is 4.79 Å². The van der Waals surface area contributed by atoms with Crippen molar-refractivity contribution in [3.05, 3.63) is 60.8 Å². The number of hydrogen-bond acceptors (Lipinski definition) is 3. The van der Waals surface area contributed by atoms with Gasteiger partial charge in [-0.1, -0.05) is 86.9 Å². The van der Waals surface area contributed by atoms with Crippen molar-refractivity contribution in [1.29, 1.82) is 0 Å². The van der Waals surface area contributed by atoms with E-state index < -0.39 is 12.1 Å². The molecule has 0 aliphatic carbocycles. The van der Waals surface area contributed by atoms with E-state index >= 15 is 0 Å². The Bertz CT molecular complexity index is 486. The molecule has 0 spiro atoms. The molecule has 0 rings (SSSR count). The van der Waals surface area contributed by atoms with E-state index in [0.717, 1.165) is 32.1 Å². The van der Waals surface area contributed by atoms with E-state index in [4.69, 9.17) is 5.11 Å². The quantitative estimate of drug-likeness (QED) is 0.224. The summed E-state index contributed by atoms with van der Waals surface area (Å²) in [5.41, 5.74) is 0. The molecule has 0 aromatic heterocycles. The second-order valence-electron chi connectivity index (χ2n) is 6.13. The summed E-state index contributed by atoms with van der Waals surface area (Å²) in [6.45, 7) is 2.14. The van der Waals surface area contributed by atoms with Crippen LogP contribution in [0.4, 0.5) is 0 Å². The van der Waals surface area contributed by atoms with Crippen molar-refractivity contribution >= 4 is 5.97 Å². The lowest BCUT2D eigenvalue weighted by atomic mass is 10.1. The van der Waals surface area contributed by atoms with E-state index in [-0.39, 0.29) is 12.5 Å². The van der Waals surface area contributed by atoms with Crippen LogP contribution >= 0.6 is 0 Å². The monoisotopic (exact) mass is 362 g/mol. The molecule has 26 heavy (non-hydrogen) atoms. The normalized spacial score (nSPS) is 15.2. The summed E-state index contributed by atoms with van der Waals surface area (Å²) in [6, 6.07) is 0. The summed E-state index contributed by atoms with van der Waals surface area (Å²) in [4.78, 5) is 10.3. The van der Waals surface area contributed by atoms with Crippen LogP contribution in [0, 0.1) is 0 Å². The number of unbranched alkanes of at least 4 members (excludes halogenated alkanes) is 2. The number of allylic oxidation sites excluding steroid dienone is 7. The first-order valence-electron chi connectivity index (χ1n) is 9.45. The molecule has 0 heterocycles. The second kappa shape index (κ2) is 17.9. The van der Waals surface area contributed by atoms with Crippen LogP contribution in [0.3, 0.4) is 0 Å². The van der Waals surface area contributed by atoms with Crippen LogP contribution in [0.5, 0.6) is 0 Å². The van der Waals surface area contributed by atoms with Gasteiger partial charge in [-0.05, 0) is 25.7 Å². The van der Waals surface area contributed by atoms with Gasteiger partial charge in [-0.25, -0.2) is 0 Å². The Morgan fingerprint density at radius 1 is 0.885 bits per heavy atom. The van der Waals surface area contributed by atoms with Crippen LogP contribution in [0.1, 0.15) is 58.3 Å². The van der Waals surface area contributed by atoms with Crippen LogP contribution in [0.25, 0.3) is 0 Å².